The van der Waals surface area contributed by atoms with Crippen LogP contribution in [-0.2, 0) is 19.0 Å². The molecule has 1 fully saturated rings. The van der Waals surface area contributed by atoms with Crippen LogP contribution in [0.4, 0.5) is 5.95 Å². The van der Waals surface area contributed by atoms with Crippen LogP contribution in [0.1, 0.15) is 44.6 Å². The van der Waals surface area contributed by atoms with Gasteiger partial charge in [0.1, 0.15) is 17.6 Å². The molecule has 196 valence electrons. The molecule has 1 aliphatic carbocycles. The summed E-state index contributed by atoms with van der Waals surface area (Å²) >= 11 is 0. The van der Waals surface area contributed by atoms with Crippen LogP contribution in [0.15, 0.2) is 27.6 Å². The maximum atomic E-state index is 5.92. The van der Waals surface area contributed by atoms with Crippen LogP contribution in [0.25, 0.3) is 5.57 Å². The number of rotatable bonds is 9. The van der Waals surface area contributed by atoms with Crippen molar-refractivity contribution in [2.24, 2.45) is 16.1 Å². The minimum atomic E-state index is -0.0160. The minimum Gasteiger partial charge on any atom is -0.497 e. The average molecular weight is 499 g/mol. The molecule has 0 radical (unpaired) electrons. The van der Waals surface area contributed by atoms with E-state index in [1.54, 1.807) is 14.2 Å². The molecule has 4 atom stereocenters. The van der Waals surface area contributed by atoms with E-state index in [9.17, 15) is 0 Å². The van der Waals surface area contributed by atoms with Gasteiger partial charge in [-0.25, -0.2) is 4.98 Å². The van der Waals surface area contributed by atoms with Crippen molar-refractivity contribution in [1.29, 1.82) is 0 Å². The molecule has 4 heterocycles. The topological polar surface area (TPSA) is 94.7 Å². The highest BCUT2D eigenvalue weighted by atomic mass is 16.6. The molecule has 0 aromatic carbocycles. The molecule has 1 aromatic rings. The Morgan fingerprint density at radius 1 is 1.25 bits per heavy atom. The summed E-state index contributed by atoms with van der Waals surface area (Å²) in [4.78, 5) is 17.9. The molecule has 10 nitrogen and oxygen atoms in total. The second-order valence-corrected chi connectivity index (χ2v) is 9.94. The first-order valence-electron chi connectivity index (χ1n) is 12.9. The van der Waals surface area contributed by atoms with Crippen LogP contribution >= 0.6 is 0 Å². The SMILES string of the molecule is COCC(C)n1c(NCCN2CCOCC2)nc2c1C1=CC(OC)=C(C3C(C)=NOC3C)CC1N=C2. The van der Waals surface area contributed by atoms with Gasteiger partial charge < -0.3 is 28.9 Å². The van der Waals surface area contributed by atoms with Gasteiger partial charge in [-0.05, 0) is 38.8 Å². The highest BCUT2D eigenvalue weighted by Gasteiger charge is 2.39. The predicted molar refractivity (Wildman–Crippen MR) is 140 cm³/mol. The lowest BCUT2D eigenvalue weighted by atomic mass is 9.79. The second kappa shape index (κ2) is 10.7. The van der Waals surface area contributed by atoms with Crippen molar-refractivity contribution in [3.05, 3.63) is 28.8 Å². The number of hydrogen-bond acceptors (Lipinski definition) is 9. The van der Waals surface area contributed by atoms with Gasteiger partial charge in [-0.15, -0.1) is 0 Å². The van der Waals surface area contributed by atoms with E-state index in [1.807, 2.05) is 13.1 Å². The maximum absolute atomic E-state index is 5.92. The van der Waals surface area contributed by atoms with Crippen molar-refractivity contribution in [3.8, 4) is 0 Å². The Balaban J connectivity index is 1.48. The summed E-state index contributed by atoms with van der Waals surface area (Å²) in [5.74, 6) is 1.82. The second-order valence-electron chi connectivity index (χ2n) is 9.94. The van der Waals surface area contributed by atoms with E-state index in [4.69, 9.17) is 29.0 Å². The van der Waals surface area contributed by atoms with E-state index in [1.165, 1.54) is 5.57 Å². The lowest BCUT2D eigenvalue weighted by Crippen LogP contribution is -2.39. The van der Waals surface area contributed by atoms with E-state index in [-0.39, 0.29) is 24.1 Å². The highest BCUT2D eigenvalue weighted by Crippen LogP contribution is 2.43. The Labute approximate surface area is 213 Å². The molecule has 0 amide bonds. The highest BCUT2D eigenvalue weighted by molar-refractivity contribution is 5.94. The molecule has 0 bridgehead atoms. The predicted octanol–water partition coefficient (Wildman–Crippen LogP) is 2.73. The lowest BCUT2D eigenvalue weighted by Gasteiger charge is -2.32. The number of fused-ring (bicyclic) bond motifs is 3. The zero-order chi connectivity index (χ0) is 25.2. The molecule has 10 heteroatoms. The van der Waals surface area contributed by atoms with Crippen molar-refractivity contribution in [1.82, 2.24) is 14.5 Å². The number of nitrogens with zero attached hydrogens (tertiary/aromatic N) is 5. The molecule has 5 rings (SSSR count). The van der Waals surface area contributed by atoms with Gasteiger partial charge in [0, 0.05) is 45.1 Å². The summed E-state index contributed by atoms with van der Waals surface area (Å²) in [6, 6.07) is 0.0950. The minimum absolute atomic E-state index is 0.00149. The summed E-state index contributed by atoms with van der Waals surface area (Å²) in [5, 5.41) is 7.82. The fraction of sp³-hybridized carbons (Fsp3) is 0.654. The van der Waals surface area contributed by atoms with E-state index < -0.39 is 0 Å². The number of morpholine rings is 1. The number of oxime groups is 1. The zero-order valence-corrected chi connectivity index (χ0v) is 22.0. The molecule has 1 aromatic heterocycles. The third-order valence-corrected chi connectivity index (χ3v) is 7.50. The first-order valence-corrected chi connectivity index (χ1v) is 12.9. The van der Waals surface area contributed by atoms with Gasteiger partial charge in [0.2, 0.25) is 5.95 Å². The fourth-order valence-corrected chi connectivity index (χ4v) is 5.75. The Bertz CT molecular complexity index is 1080. The number of aromatic nitrogens is 2. The molecular weight excluding hydrogens is 460 g/mol. The molecule has 4 unspecified atom stereocenters. The van der Waals surface area contributed by atoms with Gasteiger partial charge in [0.05, 0.1) is 56.3 Å². The molecule has 0 spiro atoms. The van der Waals surface area contributed by atoms with Crippen molar-refractivity contribution >= 4 is 23.4 Å². The quantitative estimate of drug-likeness (QED) is 0.559. The van der Waals surface area contributed by atoms with Gasteiger partial charge in [0.25, 0.3) is 0 Å². The molecule has 36 heavy (non-hydrogen) atoms. The third kappa shape index (κ3) is 4.69. The third-order valence-electron chi connectivity index (χ3n) is 7.50. The lowest BCUT2D eigenvalue weighted by molar-refractivity contribution is 0.0398. The van der Waals surface area contributed by atoms with E-state index in [0.29, 0.717) is 6.61 Å². The van der Waals surface area contributed by atoms with Crippen molar-refractivity contribution < 1.29 is 19.0 Å². The number of nitrogens with one attached hydrogen (secondary N) is 1. The standard InChI is InChI=1S/C26H38N6O4/c1-16(15-33-4)32-25-19-13-23(34-5)20(24-17(2)30-36-18(24)3)12-21(19)28-14-22(25)29-26(32)27-6-7-31-8-10-35-11-9-31/h13-14,16,18,21,24H,6-12,15H2,1-5H3,(H,27,29). The van der Waals surface area contributed by atoms with Crippen LogP contribution in [-0.4, -0.2) is 98.7 Å². The molecule has 0 saturated carbocycles. The van der Waals surface area contributed by atoms with Gasteiger partial charge >= 0.3 is 0 Å². The molecular formula is C26H38N6O4. The van der Waals surface area contributed by atoms with Crippen molar-refractivity contribution in [3.63, 3.8) is 0 Å². The smallest absolute Gasteiger partial charge is 0.204 e. The van der Waals surface area contributed by atoms with Crippen LogP contribution in [0.5, 0.6) is 0 Å². The number of ether oxygens (including phenoxy) is 3. The van der Waals surface area contributed by atoms with Crippen molar-refractivity contribution in [2.45, 2.75) is 45.4 Å². The van der Waals surface area contributed by atoms with E-state index in [2.05, 4.69) is 39.9 Å². The summed E-state index contributed by atoms with van der Waals surface area (Å²) in [6.45, 7) is 12.1. The van der Waals surface area contributed by atoms with E-state index in [0.717, 1.165) is 80.2 Å². The largest absolute Gasteiger partial charge is 0.497 e. The monoisotopic (exact) mass is 498 g/mol. The van der Waals surface area contributed by atoms with Gasteiger partial charge in [-0.2, -0.15) is 0 Å². The van der Waals surface area contributed by atoms with Crippen LogP contribution in [0.3, 0.4) is 0 Å². The summed E-state index contributed by atoms with van der Waals surface area (Å²) < 4.78 is 19.2. The summed E-state index contributed by atoms with van der Waals surface area (Å²) in [6.07, 6.45) is 4.82. The molecule has 1 N–H and O–H groups in total. The van der Waals surface area contributed by atoms with Crippen LogP contribution in [0.2, 0.25) is 0 Å². The molecule has 4 aliphatic rings. The molecule has 3 aliphatic heterocycles. The Morgan fingerprint density at radius 3 is 2.75 bits per heavy atom. The number of methoxy groups -OCH3 is 2. The van der Waals surface area contributed by atoms with Crippen LogP contribution < -0.4 is 5.32 Å². The van der Waals surface area contributed by atoms with Crippen LogP contribution in [0, 0.1) is 5.92 Å². The summed E-state index contributed by atoms with van der Waals surface area (Å²) in [5.41, 5.74) is 5.27. The number of aliphatic imine (C=N–C) groups is 1. The maximum Gasteiger partial charge on any atom is 0.204 e. The average Bonchev–Trinajstić information content (AvgIpc) is 3.43. The zero-order valence-electron chi connectivity index (χ0n) is 22.0. The van der Waals surface area contributed by atoms with Gasteiger partial charge in [-0.1, -0.05) is 5.16 Å². The first kappa shape index (κ1) is 25.0. The number of hydrogen-bond donors (Lipinski definition) is 1. The van der Waals surface area contributed by atoms with Crippen molar-refractivity contribution in [2.75, 3.05) is 65.5 Å². The fourth-order valence-electron chi connectivity index (χ4n) is 5.75. The Hall–Kier alpha value is -2.69. The number of allylic oxidation sites excluding steroid dienone is 1. The number of imidazole rings is 1. The molecule has 1 saturated heterocycles. The van der Waals surface area contributed by atoms with E-state index >= 15 is 0 Å². The Kier molecular flexibility index (Phi) is 7.45. The van der Waals surface area contributed by atoms with Gasteiger partial charge in [0.15, 0.2) is 0 Å². The normalized spacial score (nSPS) is 26.6. The van der Waals surface area contributed by atoms with Gasteiger partial charge in [-0.3, -0.25) is 9.89 Å². The number of anilines is 1. The summed E-state index contributed by atoms with van der Waals surface area (Å²) in [7, 11) is 3.47. The first-order chi connectivity index (χ1) is 17.5. The Morgan fingerprint density at radius 2 is 2.06 bits per heavy atom.